The van der Waals surface area contributed by atoms with E-state index in [-0.39, 0.29) is 18.4 Å². The molecule has 0 aliphatic heterocycles. The van der Waals surface area contributed by atoms with E-state index in [0.29, 0.717) is 30.9 Å². The number of carbonyl (C=O) groups excluding carboxylic acids is 2. The smallest absolute Gasteiger partial charge is 0.237 e. The Morgan fingerprint density at radius 2 is 1.76 bits per heavy atom. The number of rotatable bonds is 14. The number of nitrogens with zero attached hydrogens (tertiary/aromatic N) is 1. The van der Waals surface area contributed by atoms with Crippen LogP contribution in [0.15, 0.2) is 54.6 Å². The quantitative estimate of drug-likeness (QED) is 0.150. The fraction of sp³-hybridized carbons (Fsp3) is 0.440. The van der Waals surface area contributed by atoms with E-state index in [0.717, 1.165) is 16.9 Å². The van der Waals surface area contributed by atoms with Crippen LogP contribution in [0.3, 0.4) is 0 Å². The van der Waals surface area contributed by atoms with Crippen molar-refractivity contribution in [3.63, 3.8) is 0 Å². The van der Waals surface area contributed by atoms with Gasteiger partial charge >= 0.3 is 0 Å². The van der Waals surface area contributed by atoms with Crippen LogP contribution in [0.1, 0.15) is 31.4 Å². The summed E-state index contributed by atoms with van der Waals surface area (Å²) in [7, 11) is 1.54. The van der Waals surface area contributed by atoms with Crippen LogP contribution in [0, 0.1) is 11.8 Å². The molecule has 3 atom stereocenters. The van der Waals surface area contributed by atoms with Crippen molar-refractivity contribution in [1.29, 1.82) is 0 Å². The zero-order valence-corrected chi connectivity index (χ0v) is 19.5. The van der Waals surface area contributed by atoms with E-state index in [1.54, 1.807) is 0 Å². The van der Waals surface area contributed by atoms with Crippen LogP contribution in [0.25, 0.3) is 0 Å². The number of nitrogens with one attached hydrogen (secondary N) is 2. The summed E-state index contributed by atoms with van der Waals surface area (Å²) < 4.78 is 5.81. The van der Waals surface area contributed by atoms with Crippen LogP contribution >= 0.6 is 0 Å². The lowest BCUT2D eigenvalue weighted by Gasteiger charge is -2.30. The highest BCUT2D eigenvalue weighted by molar-refractivity contribution is 5.81. The van der Waals surface area contributed by atoms with Gasteiger partial charge in [-0.15, -0.1) is 0 Å². The van der Waals surface area contributed by atoms with Crippen LogP contribution in [0.2, 0.25) is 0 Å². The molecule has 0 fully saturated rings. The first-order chi connectivity index (χ1) is 15.8. The molecule has 2 aromatic carbocycles. The van der Waals surface area contributed by atoms with Gasteiger partial charge in [-0.1, -0.05) is 56.3 Å². The number of benzene rings is 2. The van der Waals surface area contributed by atoms with E-state index in [1.807, 2.05) is 68.4 Å². The molecule has 0 spiro atoms. The van der Waals surface area contributed by atoms with Crippen LogP contribution in [0.4, 0.5) is 0 Å². The second kappa shape index (κ2) is 13.6. The zero-order chi connectivity index (χ0) is 24.2. The summed E-state index contributed by atoms with van der Waals surface area (Å²) in [5.74, 6) is 0.244. The van der Waals surface area contributed by atoms with Crippen molar-refractivity contribution in [2.24, 2.45) is 11.8 Å². The lowest BCUT2D eigenvalue weighted by molar-refractivity contribution is -0.156. The molecule has 2 rings (SSSR count). The molecule has 0 aromatic heterocycles. The van der Waals surface area contributed by atoms with Gasteiger partial charge in [-0.3, -0.25) is 20.1 Å². The topological polar surface area (TPSA) is 111 Å². The van der Waals surface area contributed by atoms with Gasteiger partial charge in [-0.2, -0.15) is 0 Å². The van der Waals surface area contributed by atoms with E-state index in [2.05, 4.69) is 10.6 Å². The van der Waals surface area contributed by atoms with Gasteiger partial charge in [-0.25, -0.2) is 5.06 Å². The molecule has 2 amide bonds. The van der Waals surface area contributed by atoms with E-state index in [9.17, 15) is 19.9 Å². The molecule has 33 heavy (non-hydrogen) atoms. The van der Waals surface area contributed by atoms with Gasteiger partial charge in [0.1, 0.15) is 18.6 Å². The molecule has 8 heteroatoms. The first-order valence-corrected chi connectivity index (χ1v) is 11.1. The van der Waals surface area contributed by atoms with E-state index >= 15 is 0 Å². The molecule has 2 unspecified atom stereocenters. The highest BCUT2D eigenvalue weighted by Crippen LogP contribution is 2.18. The van der Waals surface area contributed by atoms with E-state index in [1.165, 1.54) is 7.05 Å². The summed E-state index contributed by atoms with van der Waals surface area (Å²) in [6, 6.07) is 16.7. The van der Waals surface area contributed by atoms with Crippen molar-refractivity contribution in [2.75, 3.05) is 13.6 Å². The molecule has 0 aliphatic rings. The van der Waals surface area contributed by atoms with Gasteiger partial charge < -0.3 is 15.2 Å². The average molecular weight is 458 g/mol. The van der Waals surface area contributed by atoms with Gasteiger partial charge in [-0.05, 0) is 42.0 Å². The van der Waals surface area contributed by atoms with Crippen molar-refractivity contribution in [3.05, 3.63) is 65.7 Å². The number of aliphatic hydroxyl groups excluding tert-OH is 1. The SMILES string of the molecule is CNC(=O)[C@H](Cc1ccc(OCc2ccccc2)cc1)NC(O)C(CC(C)C)CN(O)C=O. The fourth-order valence-electron chi connectivity index (χ4n) is 3.63. The van der Waals surface area contributed by atoms with Crippen molar-refractivity contribution >= 4 is 12.3 Å². The maximum Gasteiger partial charge on any atom is 0.237 e. The van der Waals surface area contributed by atoms with E-state index < -0.39 is 18.2 Å². The van der Waals surface area contributed by atoms with Gasteiger partial charge in [0.2, 0.25) is 12.3 Å². The predicted octanol–water partition coefficient (Wildman–Crippen LogP) is 2.34. The lowest BCUT2D eigenvalue weighted by Crippen LogP contribution is -2.52. The van der Waals surface area contributed by atoms with Gasteiger partial charge in [0.15, 0.2) is 0 Å². The largest absolute Gasteiger partial charge is 0.489 e. The van der Waals surface area contributed by atoms with Crippen LogP contribution in [-0.4, -0.2) is 53.6 Å². The molecule has 0 bridgehead atoms. The molecule has 4 N–H and O–H groups in total. The standard InChI is InChI=1S/C25H35N3O5/c1-18(2)13-21(15-28(32)17-29)24(30)27-23(25(31)26-3)14-19-9-11-22(12-10-19)33-16-20-7-5-4-6-8-20/h4-12,17-18,21,23-24,27,30,32H,13-16H2,1-3H3,(H,26,31)/t21?,23-,24?/m0/s1. The van der Waals surface area contributed by atoms with Crippen molar-refractivity contribution in [1.82, 2.24) is 15.7 Å². The number of aliphatic hydroxyl groups is 1. The molecule has 0 saturated heterocycles. The third kappa shape index (κ3) is 9.21. The summed E-state index contributed by atoms with van der Waals surface area (Å²) >= 11 is 0. The second-order valence-electron chi connectivity index (χ2n) is 8.52. The summed E-state index contributed by atoms with van der Waals surface area (Å²) in [4.78, 5) is 23.3. The lowest BCUT2D eigenvalue weighted by atomic mass is 9.94. The Kier molecular flexibility index (Phi) is 10.8. The number of carbonyl (C=O) groups is 2. The molecule has 180 valence electrons. The summed E-state index contributed by atoms with van der Waals surface area (Å²) in [5, 5.41) is 26.4. The normalized spacial score (nSPS) is 13.8. The third-order valence-corrected chi connectivity index (χ3v) is 5.31. The number of likely N-dealkylation sites (N-methyl/N-ethyl adjacent to an activating group) is 1. The number of amides is 2. The number of hydroxylamine groups is 2. The average Bonchev–Trinajstić information content (AvgIpc) is 2.82. The molecular weight excluding hydrogens is 422 g/mol. The van der Waals surface area contributed by atoms with Crippen molar-refractivity contribution in [2.45, 2.75) is 45.6 Å². The maximum atomic E-state index is 12.5. The molecule has 2 aromatic rings. The van der Waals surface area contributed by atoms with Crippen molar-refractivity contribution in [3.8, 4) is 5.75 Å². The molecule has 0 heterocycles. The Labute approximate surface area is 195 Å². The fourth-order valence-corrected chi connectivity index (χ4v) is 3.63. The van der Waals surface area contributed by atoms with Gasteiger partial charge in [0.05, 0.1) is 12.6 Å². The minimum atomic E-state index is -1.09. The zero-order valence-electron chi connectivity index (χ0n) is 19.5. The number of hydrogen-bond donors (Lipinski definition) is 4. The molecule has 0 radical (unpaired) electrons. The number of ether oxygens (including phenoxy) is 1. The van der Waals surface area contributed by atoms with Crippen molar-refractivity contribution < 1.29 is 24.6 Å². The van der Waals surface area contributed by atoms with Gasteiger partial charge in [0.25, 0.3) is 0 Å². The van der Waals surface area contributed by atoms with Crippen LogP contribution < -0.4 is 15.4 Å². The first-order valence-electron chi connectivity index (χ1n) is 11.1. The van der Waals surface area contributed by atoms with Gasteiger partial charge in [0, 0.05) is 13.0 Å². The number of hydrogen-bond acceptors (Lipinski definition) is 6. The predicted molar refractivity (Wildman–Crippen MR) is 125 cm³/mol. The Hall–Kier alpha value is -2.94. The minimum Gasteiger partial charge on any atom is -0.489 e. The molecule has 0 aliphatic carbocycles. The Balaban J connectivity index is 2.02. The summed E-state index contributed by atoms with van der Waals surface area (Å²) in [6.45, 7) is 4.40. The van der Waals surface area contributed by atoms with Crippen LogP contribution in [-0.2, 0) is 22.6 Å². The Bertz CT molecular complexity index is 845. The summed E-state index contributed by atoms with van der Waals surface area (Å²) in [6.07, 6.45) is 0.128. The van der Waals surface area contributed by atoms with E-state index in [4.69, 9.17) is 4.74 Å². The third-order valence-electron chi connectivity index (χ3n) is 5.31. The minimum absolute atomic E-state index is 0.0379. The monoisotopic (exact) mass is 457 g/mol. The highest BCUT2D eigenvalue weighted by Gasteiger charge is 2.27. The highest BCUT2D eigenvalue weighted by atomic mass is 16.5. The Morgan fingerprint density at radius 3 is 2.33 bits per heavy atom. The second-order valence-corrected chi connectivity index (χ2v) is 8.52. The maximum absolute atomic E-state index is 12.5. The molecular formula is C25H35N3O5. The Morgan fingerprint density at radius 1 is 1.09 bits per heavy atom. The molecule has 0 saturated carbocycles. The van der Waals surface area contributed by atoms with Crippen LogP contribution in [0.5, 0.6) is 5.75 Å². The first kappa shape index (κ1) is 26.3. The molecule has 8 nitrogen and oxygen atoms in total. The summed E-state index contributed by atoms with van der Waals surface area (Å²) in [5.41, 5.74) is 1.97.